The summed E-state index contributed by atoms with van der Waals surface area (Å²) in [7, 11) is -1.05. The Hall–Kier alpha value is -0.543. The number of hydrogen-bond donors (Lipinski definition) is 0. The molecular weight excluding hydrogens is 254 g/mol. The van der Waals surface area contributed by atoms with Crippen LogP contribution in [0, 0.1) is 6.92 Å². The molecule has 2 rings (SSSR count). The summed E-state index contributed by atoms with van der Waals surface area (Å²) in [4.78, 5) is 4.88. The van der Waals surface area contributed by atoms with E-state index in [2.05, 4.69) is 62.0 Å². The van der Waals surface area contributed by atoms with Crippen LogP contribution in [0.25, 0.3) is 0 Å². The summed E-state index contributed by atoms with van der Waals surface area (Å²) in [5.74, 6) is 0. The molecule has 1 unspecified atom stereocenters. The predicted molar refractivity (Wildman–Crippen MR) is 86.9 cm³/mol. The van der Waals surface area contributed by atoms with Gasteiger partial charge in [-0.1, -0.05) is 37.3 Å². The molecule has 18 heavy (non-hydrogen) atoms. The molecule has 0 radical (unpaired) electrons. The van der Waals surface area contributed by atoms with Crippen LogP contribution in [0.1, 0.15) is 24.8 Å². The van der Waals surface area contributed by atoms with Gasteiger partial charge in [0.1, 0.15) is 7.22 Å². The first-order valence-electron chi connectivity index (χ1n) is 6.76. The zero-order chi connectivity index (χ0) is 13.2. The largest absolute Gasteiger partial charge is 0.257 e. The topological polar surface area (TPSA) is 12.4 Å². The van der Waals surface area contributed by atoms with Gasteiger partial charge in [-0.05, 0) is 38.3 Å². The minimum Gasteiger partial charge on any atom is -0.257 e. The van der Waals surface area contributed by atoms with Crippen molar-refractivity contribution in [3.8, 4) is 0 Å². The van der Waals surface area contributed by atoms with Crippen molar-refractivity contribution in [2.75, 3.05) is 0 Å². The maximum absolute atomic E-state index is 4.88. The summed E-state index contributed by atoms with van der Waals surface area (Å²) in [5.41, 5.74) is 3.85. The van der Waals surface area contributed by atoms with Crippen molar-refractivity contribution in [2.24, 2.45) is 4.99 Å². The average molecular weight is 278 g/mol. The van der Waals surface area contributed by atoms with Crippen LogP contribution in [0.3, 0.4) is 0 Å². The van der Waals surface area contributed by atoms with Crippen LogP contribution in [0.4, 0.5) is 5.69 Å². The van der Waals surface area contributed by atoms with Gasteiger partial charge in [0.25, 0.3) is 0 Å². The van der Waals surface area contributed by atoms with Gasteiger partial charge in [-0.2, -0.15) is 11.2 Å². The van der Waals surface area contributed by atoms with Crippen LogP contribution in [0.15, 0.2) is 29.3 Å². The lowest BCUT2D eigenvalue weighted by molar-refractivity contribution is 0.895. The van der Waals surface area contributed by atoms with Crippen molar-refractivity contribution < 1.29 is 0 Å². The second kappa shape index (κ2) is 5.62. The van der Waals surface area contributed by atoms with E-state index in [1.54, 1.807) is 0 Å². The van der Waals surface area contributed by atoms with E-state index in [1.165, 1.54) is 30.5 Å². The fourth-order valence-corrected chi connectivity index (χ4v) is 7.03. The third-order valence-electron chi connectivity index (χ3n) is 3.07. The van der Waals surface area contributed by atoms with Gasteiger partial charge in [0.05, 0.1) is 5.69 Å². The molecule has 98 valence electrons. The van der Waals surface area contributed by atoms with E-state index in [1.807, 2.05) is 0 Å². The molecule has 1 aliphatic carbocycles. The van der Waals surface area contributed by atoms with Gasteiger partial charge in [-0.25, -0.2) is 0 Å². The Morgan fingerprint density at radius 1 is 1.17 bits per heavy atom. The van der Waals surface area contributed by atoms with Crippen LogP contribution in [0.2, 0.25) is 19.6 Å². The smallest absolute Gasteiger partial charge is 0.109 e. The van der Waals surface area contributed by atoms with Crippen molar-refractivity contribution in [3.63, 3.8) is 0 Å². The Balaban J connectivity index is 2.13. The number of aryl methyl sites for hydroxylation is 1. The normalized spacial score (nSPS) is 22.7. The summed E-state index contributed by atoms with van der Waals surface area (Å²) in [6, 6.07) is 8.57. The van der Waals surface area contributed by atoms with E-state index in [9.17, 15) is 0 Å². The molecular formula is C15H23NSSi. The second-order valence-corrected chi connectivity index (χ2v) is 15.5. The Morgan fingerprint density at radius 3 is 2.44 bits per heavy atom. The van der Waals surface area contributed by atoms with Crippen molar-refractivity contribution in [3.05, 3.63) is 29.8 Å². The summed E-state index contributed by atoms with van der Waals surface area (Å²) in [5, 5.41) is 0.679. The van der Waals surface area contributed by atoms with Crippen LogP contribution in [-0.2, 0) is 0 Å². The fourth-order valence-electron chi connectivity index (χ4n) is 2.26. The average Bonchev–Trinajstić information content (AvgIpc) is 2.67. The van der Waals surface area contributed by atoms with E-state index >= 15 is 0 Å². The molecule has 0 heterocycles. The first kappa shape index (κ1) is 13.9. The number of nitrogens with zero attached hydrogens (tertiary/aromatic N) is 1. The van der Waals surface area contributed by atoms with E-state index in [4.69, 9.17) is 4.99 Å². The lowest BCUT2D eigenvalue weighted by Crippen LogP contribution is -2.22. The molecule has 1 nitrogen and oxygen atoms in total. The SMILES string of the molecule is Cc1ccc(N=C2CCCC2S[Si](C)(C)C)cc1. The number of aliphatic imine (C=N–C) groups is 1. The zero-order valence-electron chi connectivity index (χ0n) is 11.9. The number of rotatable bonds is 3. The summed E-state index contributed by atoms with van der Waals surface area (Å²) in [6.07, 6.45) is 3.82. The molecule has 0 spiro atoms. The molecule has 1 aliphatic rings. The van der Waals surface area contributed by atoms with Crippen molar-refractivity contribution >= 4 is 29.8 Å². The molecule has 0 bridgehead atoms. The molecule has 0 aliphatic heterocycles. The van der Waals surface area contributed by atoms with Gasteiger partial charge in [-0.15, -0.1) is 0 Å². The molecule has 1 atom stereocenters. The van der Waals surface area contributed by atoms with Gasteiger partial charge < -0.3 is 0 Å². The van der Waals surface area contributed by atoms with E-state index in [0.717, 1.165) is 5.69 Å². The van der Waals surface area contributed by atoms with Crippen LogP contribution in [0.5, 0.6) is 0 Å². The third-order valence-corrected chi connectivity index (χ3v) is 7.55. The highest BCUT2D eigenvalue weighted by Gasteiger charge is 2.28. The Kier molecular flexibility index (Phi) is 4.33. The number of hydrogen-bond acceptors (Lipinski definition) is 2. The van der Waals surface area contributed by atoms with Crippen LogP contribution in [-0.4, -0.2) is 18.2 Å². The quantitative estimate of drug-likeness (QED) is 0.693. The first-order chi connectivity index (χ1) is 8.44. The molecule has 1 aromatic carbocycles. The lowest BCUT2D eigenvalue weighted by atomic mass is 10.2. The number of benzene rings is 1. The molecule has 0 aromatic heterocycles. The molecule has 1 fully saturated rings. The first-order valence-corrected chi connectivity index (χ1v) is 11.9. The molecule has 1 aromatic rings. The van der Waals surface area contributed by atoms with Crippen molar-refractivity contribution in [2.45, 2.75) is 51.1 Å². The van der Waals surface area contributed by atoms with Crippen LogP contribution >= 0.6 is 11.2 Å². The summed E-state index contributed by atoms with van der Waals surface area (Å²) in [6.45, 7) is 9.41. The van der Waals surface area contributed by atoms with E-state index in [-0.39, 0.29) is 0 Å². The predicted octanol–water partition coefficient (Wildman–Crippen LogP) is 5.19. The highest BCUT2D eigenvalue weighted by molar-refractivity contribution is 8.29. The van der Waals surface area contributed by atoms with E-state index < -0.39 is 7.22 Å². The molecule has 1 saturated carbocycles. The lowest BCUT2D eigenvalue weighted by Gasteiger charge is -2.21. The highest BCUT2D eigenvalue weighted by Crippen LogP contribution is 2.35. The maximum atomic E-state index is 4.88. The Morgan fingerprint density at radius 2 is 1.83 bits per heavy atom. The monoisotopic (exact) mass is 277 g/mol. The standard InChI is InChI=1S/C15H23NSSi/c1-12-8-10-13(11-9-12)16-14-6-5-7-15(14)17-18(2,3)4/h8-11,15H,5-7H2,1-4H3. The van der Waals surface area contributed by atoms with Crippen molar-refractivity contribution in [1.29, 1.82) is 0 Å². The second-order valence-electron chi connectivity index (χ2n) is 6.05. The zero-order valence-corrected chi connectivity index (χ0v) is 13.7. The summed E-state index contributed by atoms with van der Waals surface area (Å²) < 4.78 is 0. The minimum atomic E-state index is -1.05. The molecule has 0 saturated heterocycles. The van der Waals surface area contributed by atoms with E-state index in [0.29, 0.717) is 5.25 Å². The van der Waals surface area contributed by atoms with Gasteiger partial charge in [0.2, 0.25) is 0 Å². The minimum absolute atomic E-state index is 0.679. The molecule has 0 amide bonds. The molecule has 0 N–H and O–H groups in total. The van der Waals surface area contributed by atoms with Gasteiger partial charge >= 0.3 is 0 Å². The van der Waals surface area contributed by atoms with Crippen LogP contribution < -0.4 is 0 Å². The van der Waals surface area contributed by atoms with Gasteiger partial charge in [0.15, 0.2) is 0 Å². The summed E-state index contributed by atoms with van der Waals surface area (Å²) >= 11 is 2.20. The Labute approximate surface area is 116 Å². The third kappa shape index (κ3) is 3.99. The molecule has 3 heteroatoms. The maximum Gasteiger partial charge on any atom is 0.109 e. The van der Waals surface area contributed by atoms with Gasteiger partial charge in [-0.3, -0.25) is 4.99 Å². The van der Waals surface area contributed by atoms with Gasteiger partial charge in [0, 0.05) is 11.0 Å². The Bertz CT molecular complexity index is 431. The van der Waals surface area contributed by atoms with Crippen molar-refractivity contribution in [1.82, 2.24) is 0 Å². The highest BCUT2D eigenvalue weighted by atomic mass is 32.4. The fraction of sp³-hybridized carbons (Fsp3) is 0.533.